The van der Waals surface area contributed by atoms with Crippen molar-refractivity contribution in [3.8, 4) is 0 Å². The molecule has 0 aromatic heterocycles. The topological polar surface area (TPSA) is 32.3 Å². The minimum Gasteiger partial charge on any atom is -0.334 e. The minimum atomic E-state index is -4.80. The number of nitrogens with zero attached hydrogens (tertiary/aromatic N) is 1. The molecule has 1 heterocycles. The SMILES string of the molecule is C[C@@H](NCC1CN(C(=O)C(F)(F)F)CC1(C)C)c1cccc2c1C=CCC2. The molecule has 2 atom stereocenters. The van der Waals surface area contributed by atoms with Gasteiger partial charge in [0.15, 0.2) is 0 Å². The molecule has 1 aromatic carbocycles. The van der Waals surface area contributed by atoms with Crippen LogP contribution in [0.5, 0.6) is 0 Å². The molecule has 148 valence electrons. The van der Waals surface area contributed by atoms with E-state index in [2.05, 4.69) is 42.6 Å². The first-order chi connectivity index (χ1) is 12.6. The molecule has 6 heteroatoms. The molecule has 3 nitrogen and oxygen atoms in total. The molecule has 1 fully saturated rings. The van der Waals surface area contributed by atoms with Crippen LogP contribution in [-0.2, 0) is 11.2 Å². The van der Waals surface area contributed by atoms with Crippen LogP contribution in [0, 0.1) is 11.3 Å². The van der Waals surface area contributed by atoms with E-state index in [9.17, 15) is 18.0 Å². The predicted molar refractivity (Wildman–Crippen MR) is 100 cm³/mol. The first kappa shape index (κ1) is 19.9. The van der Waals surface area contributed by atoms with Crippen LogP contribution in [0.4, 0.5) is 13.2 Å². The summed E-state index contributed by atoms with van der Waals surface area (Å²) >= 11 is 0. The van der Waals surface area contributed by atoms with Crippen LogP contribution in [0.1, 0.15) is 49.9 Å². The summed E-state index contributed by atoms with van der Waals surface area (Å²) < 4.78 is 38.3. The highest BCUT2D eigenvalue weighted by atomic mass is 19.4. The van der Waals surface area contributed by atoms with Crippen molar-refractivity contribution < 1.29 is 18.0 Å². The fourth-order valence-corrected chi connectivity index (χ4v) is 4.17. The zero-order chi connectivity index (χ0) is 19.8. The van der Waals surface area contributed by atoms with Gasteiger partial charge in [-0.2, -0.15) is 13.2 Å². The Morgan fingerprint density at radius 2 is 2.11 bits per heavy atom. The van der Waals surface area contributed by atoms with Gasteiger partial charge in [-0.1, -0.05) is 44.2 Å². The van der Waals surface area contributed by atoms with Gasteiger partial charge in [0.2, 0.25) is 0 Å². The number of allylic oxidation sites excluding steroid dienone is 1. The first-order valence-electron chi connectivity index (χ1n) is 9.47. The number of alkyl halides is 3. The molecule has 0 spiro atoms. The van der Waals surface area contributed by atoms with E-state index in [0.29, 0.717) is 6.54 Å². The van der Waals surface area contributed by atoms with Gasteiger partial charge in [0.05, 0.1) is 0 Å². The quantitative estimate of drug-likeness (QED) is 0.843. The average Bonchev–Trinajstić information content (AvgIpc) is 2.92. The number of aryl methyl sites for hydroxylation is 1. The lowest BCUT2D eigenvalue weighted by Crippen LogP contribution is -2.40. The maximum atomic E-state index is 12.8. The zero-order valence-electron chi connectivity index (χ0n) is 16.1. The van der Waals surface area contributed by atoms with Crippen molar-refractivity contribution in [2.24, 2.45) is 11.3 Å². The van der Waals surface area contributed by atoms with Crippen LogP contribution < -0.4 is 5.32 Å². The van der Waals surface area contributed by atoms with Crippen LogP contribution in [-0.4, -0.2) is 36.6 Å². The number of carbonyl (C=O) groups excluding carboxylic acids is 1. The number of carbonyl (C=O) groups is 1. The molecule has 1 aromatic rings. The zero-order valence-corrected chi connectivity index (χ0v) is 16.1. The van der Waals surface area contributed by atoms with Crippen molar-refractivity contribution in [2.75, 3.05) is 19.6 Å². The van der Waals surface area contributed by atoms with Gasteiger partial charge in [-0.25, -0.2) is 0 Å². The third kappa shape index (κ3) is 4.21. The lowest BCUT2D eigenvalue weighted by Gasteiger charge is -2.28. The van der Waals surface area contributed by atoms with Crippen molar-refractivity contribution in [3.05, 3.63) is 41.0 Å². The molecule has 1 amide bonds. The number of hydrogen-bond donors (Lipinski definition) is 1. The van der Waals surface area contributed by atoms with E-state index < -0.39 is 12.1 Å². The van der Waals surface area contributed by atoms with Gasteiger partial charge < -0.3 is 10.2 Å². The molecular weight excluding hydrogens is 353 g/mol. The van der Waals surface area contributed by atoms with E-state index in [-0.39, 0.29) is 30.5 Å². The van der Waals surface area contributed by atoms with E-state index in [1.807, 2.05) is 13.8 Å². The van der Waals surface area contributed by atoms with Crippen LogP contribution in [0.15, 0.2) is 24.3 Å². The lowest BCUT2D eigenvalue weighted by molar-refractivity contribution is -0.184. The van der Waals surface area contributed by atoms with Gasteiger partial charge in [-0.15, -0.1) is 0 Å². The second-order valence-electron chi connectivity index (χ2n) is 8.36. The number of fused-ring (bicyclic) bond motifs is 1. The smallest absolute Gasteiger partial charge is 0.334 e. The molecule has 2 aliphatic rings. The minimum absolute atomic E-state index is 0.0265. The Labute approximate surface area is 158 Å². The van der Waals surface area contributed by atoms with Crippen LogP contribution >= 0.6 is 0 Å². The van der Waals surface area contributed by atoms with E-state index >= 15 is 0 Å². The normalized spacial score (nSPS) is 22.6. The fourth-order valence-electron chi connectivity index (χ4n) is 4.17. The molecule has 1 aliphatic heterocycles. The molecule has 1 aliphatic carbocycles. The first-order valence-corrected chi connectivity index (χ1v) is 9.47. The van der Waals surface area contributed by atoms with E-state index in [0.717, 1.165) is 17.7 Å². The van der Waals surface area contributed by atoms with Gasteiger partial charge in [-0.05, 0) is 47.8 Å². The molecule has 0 radical (unpaired) electrons. The molecule has 1 unspecified atom stereocenters. The lowest BCUT2D eigenvalue weighted by atomic mass is 9.82. The third-order valence-electron chi connectivity index (χ3n) is 5.91. The summed E-state index contributed by atoms with van der Waals surface area (Å²) in [7, 11) is 0. The monoisotopic (exact) mass is 380 g/mol. The standard InChI is InChI=1S/C21H27F3N2O/c1-14(17-10-6-8-15-7-4-5-9-18(15)17)25-11-16-12-26(13-20(16,2)3)19(27)21(22,23)24/h5-6,8-10,14,16,25H,4,7,11-13H2,1-3H3/t14-,16?/m1/s1. The number of halogens is 3. The Bertz CT molecular complexity index is 739. The van der Waals surface area contributed by atoms with Crippen LogP contribution in [0.3, 0.4) is 0 Å². The number of benzene rings is 1. The predicted octanol–water partition coefficient (Wildman–Crippen LogP) is 4.34. The largest absolute Gasteiger partial charge is 0.471 e. The summed E-state index contributed by atoms with van der Waals surface area (Å²) in [5.74, 6) is -1.75. The van der Waals surface area contributed by atoms with Gasteiger partial charge in [0.25, 0.3) is 0 Å². The molecule has 0 bridgehead atoms. The van der Waals surface area contributed by atoms with Gasteiger partial charge in [-0.3, -0.25) is 4.79 Å². The van der Waals surface area contributed by atoms with E-state index in [1.165, 1.54) is 16.7 Å². The molecule has 27 heavy (non-hydrogen) atoms. The highest BCUT2D eigenvalue weighted by Crippen LogP contribution is 2.37. The Morgan fingerprint density at radius 3 is 2.81 bits per heavy atom. The molecule has 0 saturated carbocycles. The van der Waals surface area contributed by atoms with Crippen molar-refractivity contribution in [1.82, 2.24) is 10.2 Å². The number of hydrogen-bond acceptors (Lipinski definition) is 2. The van der Waals surface area contributed by atoms with Crippen LogP contribution in [0.2, 0.25) is 0 Å². The summed E-state index contributed by atoms with van der Waals surface area (Å²) in [6.07, 6.45) is 1.63. The van der Waals surface area contributed by atoms with E-state index in [4.69, 9.17) is 0 Å². The summed E-state index contributed by atoms with van der Waals surface area (Å²) in [6.45, 7) is 6.79. The second kappa shape index (κ2) is 7.30. The van der Waals surface area contributed by atoms with Gasteiger partial charge in [0, 0.05) is 25.7 Å². The van der Waals surface area contributed by atoms with Crippen molar-refractivity contribution in [1.29, 1.82) is 0 Å². The average molecular weight is 380 g/mol. The highest BCUT2D eigenvalue weighted by Gasteiger charge is 2.49. The van der Waals surface area contributed by atoms with Crippen molar-refractivity contribution in [2.45, 2.75) is 45.8 Å². The third-order valence-corrected chi connectivity index (χ3v) is 5.91. The Morgan fingerprint density at radius 1 is 1.37 bits per heavy atom. The summed E-state index contributed by atoms with van der Waals surface area (Å²) in [6, 6.07) is 6.40. The Kier molecular flexibility index (Phi) is 5.39. The van der Waals surface area contributed by atoms with Crippen molar-refractivity contribution >= 4 is 12.0 Å². The fraction of sp³-hybridized carbons (Fsp3) is 0.571. The number of rotatable bonds is 4. The van der Waals surface area contributed by atoms with Gasteiger partial charge >= 0.3 is 12.1 Å². The number of nitrogens with one attached hydrogen (secondary N) is 1. The number of amides is 1. The van der Waals surface area contributed by atoms with Crippen LogP contribution in [0.25, 0.3) is 6.08 Å². The molecule has 1 saturated heterocycles. The summed E-state index contributed by atoms with van der Waals surface area (Å²) in [4.78, 5) is 12.5. The molecule has 3 rings (SSSR count). The molecular formula is C21H27F3N2O. The summed E-state index contributed by atoms with van der Waals surface area (Å²) in [5, 5.41) is 3.49. The van der Waals surface area contributed by atoms with E-state index in [1.54, 1.807) is 0 Å². The second-order valence-corrected chi connectivity index (χ2v) is 8.36. The highest BCUT2D eigenvalue weighted by molar-refractivity contribution is 5.82. The van der Waals surface area contributed by atoms with Crippen molar-refractivity contribution in [3.63, 3.8) is 0 Å². The Hall–Kier alpha value is -1.82. The Balaban J connectivity index is 1.66. The summed E-state index contributed by atoms with van der Waals surface area (Å²) in [5.41, 5.74) is 3.45. The maximum absolute atomic E-state index is 12.8. The molecule has 1 N–H and O–H groups in total. The van der Waals surface area contributed by atoms with Gasteiger partial charge in [0.1, 0.15) is 0 Å². The number of likely N-dealkylation sites (tertiary alicyclic amines) is 1. The maximum Gasteiger partial charge on any atom is 0.471 e.